The SMILES string of the molecule is Cc1ccc(CN(C(=O)C2CCCN(C(=O)Nc3ccccc3)C2)C2CC2)cc1. The monoisotopic (exact) mass is 391 g/mol. The number of benzene rings is 2. The lowest BCUT2D eigenvalue weighted by Crippen LogP contribution is -2.48. The number of carbonyl (C=O) groups is 2. The fourth-order valence-corrected chi connectivity index (χ4v) is 3.99. The molecule has 4 rings (SSSR count). The van der Waals surface area contributed by atoms with Crippen LogP contribution >= 0.6 is 0 Å². The predicted molar refractivity (Wildman–Crippen MR) is 115 cm³/mol. The fourth-order valence-electron chi connectivity index (χ4n) is 3.99. The van der Waals surface area contributed by atoms with Crippen molar-refractivity contribution in [3.8, 4) is 0 Å². The molecule has 5 heteroatoms. The summed E-state index contributed by atoms with van der Waals surface area (Å²) in [6.07, 6.45) is 3.89. The average molecular weight is 392 g/mol. The number of anilines is 1. The number of urea groups is 1. The molecule has 0 spiro atoms. The van der Waals surface area contributed by atoms with E-state index in [1.807, 2.05) is 35.2 Å². The molecule has 2 aliphatic rings. The molecule has 1 atom stereocenters. The lowest BCUT2D eigenvalue weighted by atomic mass is 9.96. The first-order valence-electron chi connectivity index (χ1n) is 10.6. The van der Waals surface area contributed by atoms with Crippen molar-refractivity contribution in [3.63, 3.8) is 0 Å². The largest absolute Gasteiger partial charge is 0.335 e. The van der Waals surface area contributed by atoms with Gasteiger partial charge in [0.25, 0.3) is 0 Å². The Labute approximate surface area is 172 Å². The first kappa shape index (κ1) is 19.5. The minimum atomic E-state index is -0.120. The highest BCUT2D eigenvalue weighted by Gasteiger charge is 2.38. The maximum atomic E-state index is 13.3. The number of amides is 3. The van der Waals surface area contributed by atoms with Gasteiger partial charge in [0.1, 0.15) is 0 Å². The van der Waals surface area contributed by atoms with E-state index < -0.39 is 0 Å². The average Bonchev–Trinajstić information content (AvgIpc) is 3.59. The quantitative estimate of drug-likeness (QED) is 0.820. The minimum Gasteiger partial charge on any atom is -0.335 e. The van der Waals surface area contributed by atoms with Gasteiger partial charge >= 0.3 is 6.03 Å². The van der Waals surface area contributed by atoms with Gasteiger partial charge in [0.2, 0.25) is 5.91 Å². The Morgan fingerprint density at radius 1 is 1.03 bits per heavy atom. The summed E-state index contributed by atoms with van der Waals surface area (Å²) in [6, 6.07) is 18.1. The highest BCUT2D eigenvalue weighted by Crippen LogP contribution is 2.31. The van der Waals surface area contributed by atoms with Crippen LogP contribution in [0.2, 0.25) is 0 Å². The molecular weight excluding hydrogens is 362 g/mol. The van der Waals surface area contributed by atoms with Gasteiger partial charge in [-0.2, -0.15) is 0 Å². The normalized spacial score (nSPS) is 18.9. The van der Waals surface area contributed by atoms with Gasteiger partial charge in [0.05, 0.1) is 5.92 Å². The third-order valence-corrected chi connectivity index (χ3v) is 5.83. The molecule has 0 bridgehead atoms. The second-order valence-electron chi connectivity index (χ2n) is 8.26. The molecule has 1 heterocycles. The van der Waals surface area contributed by atoms with E-state index in [0.29, 0.717) is 25.7 Å². The highest BCUT2D eigenvalue weighted by atomic mass is 16.2. The third-order valence-electron chi connectivity index (χ3n) is 5.83. The molecule has 0 radical (unpaired) electrons. The van der Waals surface area contributed by atoms with Crippen LogP contribution in [0.4, 0.5) is 10.5 Å². The zero-order valence-corrected chi connectivity index (χ0v) is 17.0. The van der Waals surface area contributed by atoms with Gasteiger partial charge in [-0.3, -0.25) is 4.79 Å². The fraction of sp³-hybridized carbons (Fsp3) is 0.417. The molecule has 2 fully saturated rings. The maximum absolute atomic E-state index is 13.3. The lowest BCUT2D eigenvalue weighted by molar-refractivity contribution is -0.138. The predicted octanol–water partition coefficient (Wildman–Crippen LogP) is 4.43. The maximum Gasteiger partial charge on any atom is 0.321 e. The van der Waals surface area contributed by atoms with E-state index >= 15 is 0 Å². The second kappa shape index (κ2) is 8.68. The van der Waals surface area contributed by atoms with Crippen molar-refractivity contribution in [2.24, 2.45) is 5.92 Å². The highest BCUT2D eigenvalue weighted by molar-refractivity contribution is 5.90. The zero-order valence-electron chi connectivity index (χ0n) is 17.0. The number of hydrogen-bond donors (Lipinski definition) is 1. The second-order valence-corrected chi connectivity index (χ2v) is 8.26. The van der Waals surface area contributed by atoms with Crippen molar-refractivity contribution < 1.29 is 9.59 Å². The Hall–Kier alpha value is -2.82. The molecule has 1 aliphatic carbocycles. The van der Waals surface area contributed by atoms with E-state index in [-0.39, 0.29) is 17.9 Å². The Balaban J connectivity index is 1.40. The van der Waals surface area contributed by atoms with E-state index in [2.05, 4.69) is 36.5 Å². The number of nitrogens with one attached hydrogen (secondary N) is 1. The van der Waals surface area contributed by atoms with Crippen LogP contribution in [0.25, 0.3) is 0 Å². The number of carbonyl (C=O) groups excluding carboxylic acids is 2. The number of piperidine rings is 1. The van der Waals surface area contributed by atoms with E-state index in [1.54, 1.807) is 4.90 Å². The van der Waals surface area contributed by atoms with Crippen molar-refractivity contribution in [1.29, 1.82) is 0 Å². The van der Waals surface area contributed by atoms with Crippen LogP contribution in [-0.4, -0.2) is 40.9 Å². The van der Waals surface area contributed by atoms with Crippen LogP contribution in [-0.2, 0) is 11.3 Å². The van der Waals surface area contributed by atoms with Crippen LogP contribution in [0.1, 0.15) is 36.8 Å². The van der Waals surface area contributed by atoms with Gasteiger partial charge in [0.15, 0.2) is 0 Å². The Kier molecular flexibility index (Phi) is 5.84. The van der Waals surface area contributed by atoms with Gasteiger partial charge in [-0.15, -0.1) is 0 Å². The van der Waals surface area contributed by atoms with Gasteiger partial charge in [-0.25, -0.2) is 4.79 Å². The minimum absolute atomic E-state index is 0.115. The number of nitrogens with zero attached hydrogens (tertiary/aromatic N) is 2. The smallest absolute Gasteiger partial charge is 0.321 e. The van der Waals surface area contributed by atoms with Gasteiger partial charge < -0.3 is 15.1 Å². The van der Waals surface area contributed by atoms with Crippen LogP contribution in [0.5, 0.6) is 0 Å². The van der Waals surface area contributed by atoms with Crippen molar-refractivity contribution in [2.75, 3.05) is 18.4 Å². The van der Waals surface area contributed by atoms with Crippen molar-refractivity contribution >= 4 is 17.6 Å². The van der Waals surface area contributed by atoms with E-state index in [1.165, 1.54) is 11.1 Å². The van der Waals surface area contributed by atoms with E-state index in [4.69, 9.17) is 0 Å². The lowest BCUT2D eigenvalue weighted by Gasteiger charge is -2.35. The standard InChI is InChI=1S/C24H29N3O2/c1-18-9-11-19(12-10-18)16-27(22-13-14-22)23(28)20-6-5-15-26(17-20)24(29)25-21-7-3-2-4-8-21/h2-4,7-12,20,22H,5-6,13-17H2,1H3,(H,25,29). The van der Waals surface area contributed by atoms with Crippen LogP contribution in [0.15, 0.2) is 54.6 Å². The summed E-state index contributed by atoms with van der Waals surface area (Å²) in [5, 5.41) is 2.94. The first-order valence-corrected chi connectivity index (χ1v) is 10.6. The summed E-state index contributed by atoms with van der Waals surface area (Å²) >= 11 is 0. The Bertz CT molecular complexity index is 846. The number of aryl methyl sites for hydroxylation is 1. The molecule has 2 aromatic rings. The summed E-state index contributed by atoms with van der Waals surface area (Å²) in [4.78, 5) is 29.8. The van der Waals surface area contributed by atoms with Crippen molar-refractivity contribution in [3.05, 3.63) is 65.7 Å². The van der Waals surface area contributed by atoms with Gasteiger partial charge in [-0.05, 0) is 50.3 Å². The summed E-state index contributed by atoms with van der Waals surface area (Å²) in [5.41, 5.74) is 3.18. The molecule has 1 N–H and O–H groups in total. The summed E-state index contributed by atoms with van der Waals surface area (Å²) in [6.45, 7) is 3.93. The Morgan fingerprint density at radius 2 is 1.76 bits per heavy atom. The molecule has 1 saturated heterocycles. The molecule has 3 amide bonds. The van der Waals surface area contributed by atoms with E-state index in [9.17, 15) is 9.59 Å². The molecule has 5 nitrogen and oxygen atoms in total. The van der Waals surface area contributed by atoms with Gasteiger partial charge in [-0.1, -0.05) is 48.0 Å². The number of likely N-dealkylation sites (tertiary alicyclic amines) is 1. The summed E-state index contributed by atoms with van der Waals surface area (Å²) in [5.74, 6) is 0.0848. The van der Waals surface area contributed by atoms with Crippen LogP contribution in [0, 0.1) is 12.8 Å². The molecule has 1 aliphatic heterocycles. The molecule has 1 saturated carbocycles. The van der Waals surface area contributed by atoms with Gasteiger partial charge in [0, 0.05) is 31.4 Å². The number of hydrogen-bond acceptors (Lipinski definition) is 2. The topological polar surface area (TPSA) is 52.7 Å². The van der Waals surface area contributed by atoms with Crippen LogP contribution < -0.4 is 5.32 Å². The van der Waals surface area contributed by atoms with Crippen molar-refractivity contribution in [2.45, 2.75) is 45.2 Å². The summed E-state index contributed by atoms with van der Waals surface area (Å²) in [7, 11) is 0. The molecule has 152 valence electrons. The molecular formula is C24H29N3O2. The number of para-hydroxylation sites is 1. The summed E-state index contributed by atoms with van der Waals surface area (Å²) < 4.78 is 0. The molecule has 1 unspecified atom stereocenters. The van der Waals surface area contributed by atoms with Crippen LogP contribution in [0.3, 0.4) is 0 Å². The molecule has 29 heavy (non-hydrogen) atoms. The van der Waals surface area contributed by atoms with E-state index in [0.717, 1.165) is 31.4 Å². The zero-order chi connectivity index (χ0) is 20.2. The number of rotatable bonds is 5. The molecule has 2 aromatic carbocycles. The molecule has 0 aromatic heterocycles. The van der Waals surface area contributed by atoms with Crippen molar-refractivity contribution in [1.82, 2.24) is 9.80 Å². The first-order chi connectivity index (χ1) is 14.1. The third kappa shape index (κ3) is 4.97. The Morgan fingerprint density at radius 3 is 2.45 bits per heavy atom.